The van der Waals surface area contributed by atoms with Gasteiger partial charge in [-0.1, -0.05) is 11.6 Å². The second-order valence-electron chi connectivity index (χ2n) is 6.18. The van der Waals surface area contributed by atoms with E-state index in [0.717, 1.165) is 59.5 Å². The van der Waals surface area contributed by atoms with Crippen molar-refractivity contribution in [2.75, 3.05) is 6.54 Å². The van der Waals surface area contributed by atoms with E-state index < -0.39 is 0 Å². The molecule has 2 aromatic heterocycles. The zero-order valence-electron chi connectivity index (χ0n) is 13.5. The van der Waals surface area contributed by atoms with Crippen molar-refractivity contribution in [2.24, 2.45) is 0 Å². The van der Waals surface area contributed by atoms with Crippen LogP contribution in [-0.2, 0) is 19.5 Å². The molecular formula is C18H18ClN5. The minimum Gasteiger partial charge on any atom is -0.293 e. The molecule has 6 heteroatoms. The van der Waals surface area contributed by atoms with Crippen molar-refractivity contribution in [3.63, 3.8) is 0 Å². The van der Waals surface area contributed by atoms with Crippen LogP contribution in [0.3, 0.4) is 0 Å². The monoisotopic (exact) mass is 339 g/mol. The summed E-state index contributed by atoms with van der Waals surface area (Å²) in [6.07, 6.45) is 2.88. The molecule has 5 nitrogen and oxygen atoms in total. The maximum absolute atomic E-state index is 5.94. The molecule has 0 saturated carbocycles. The number of nitrogens with zero attached hydrogens (tertiary/aromatic N) is 4. The number of rotatable bonds is 3. The fourth-order valence-corrected chi connectivity index (χ4v) is 3.16. The highest BCUT2D eigenvalue weighted by Crippen LogP contribution is 2.23. The molecule has 1 N–H and O–H groups in total. The van der Waals surface area contributed by atoms with Crippen LogP contribution in [0.4, 0.5) is 0 Å². The number of aromatic amines is 1. The maximum atomic E-state index is 5.94. The standard InChI is InChI=1S/C18H18ClN5/c1-12-8-16(23-22-12)11-24-7-6-17-14(10-24)9-20-18(21-17)13-2-4-15(19)5-3-13/h2-5,8-9H,6-7,10-11H2,1H3,(H,22,23). The quantitative estimate of drug-likeness (QED) is 0.794. The molecule has 3 heterocycles. The highest BCUT2D eigenvalue weighted by molar-refractivity contribution is 6.30. The summed E-state index contributed by atoms with van der Waals surface area (Å²) in [5, 5.41) is 8.04. The Labute approximate surface area is 145 Å². The molecule has 1 aromatic carbocycles. The zero-order valence-corrected chi connectivity index (χ0v) is 14.2. The average Bonchev–Trinajstić information content (AvgIpc) is 3.00. The predicted octanol–water partition coefficient (Wildman–Crippen LogP) is 3.39. The Kier molecular flexibility index (Phi) is 4.04. The van der Waals surface area contributed by atoms with Gasteiger partial charge in [-0.25, -0.2) is 9.97 Å². The first-order valence-corrected chi connectivity index (χ1v) is 8.39. The molecule has 24 heavy (non-hydrogen) atoms. The number of aryl methyl sites for hydroxylation is 1. The highest BCUT2D eigenvalue weighted by Gasteiger charge is 2.19. The molecule has 0 spiro atoms. The van der Waals surface area contributed by atoms with E-state index in [1.807, 2.05) is 37.4 Å². The van der Waals surface area contributed by atoms with Crippen LogP contribution in [0.25, 0.3) is 11.4 Å². The average molecular weight is 340 g/mol. The van der Waals surface area contributed by atoms with Gasteiger partial charge in [0.05, 0.1) is 11.4 Å². The Bertz CT molecular complexity index is 856. The Morgan fingerprint density at radius 1 is 1.25 bits per heavy atom. The van der Waals surface area contributed by atoms with Gasteiger partial charge in [-0.3, -0.25) is 10.00 Å². The van der Waals surface area contributed by atoms with Gasteiger partial charge in [0.15, 0.2) is 5.82 Å². The van der Waals surface area contributed by atoms with Crippen molar-refractivity contribution in [3.8, 4) is 11.4 Å². The smallest absolute Gasteiger partial charge is 0.159 e. The van der Waals surface area contributed by atoms with Crippen LogP contribution >= 0.6 is 11.6 Å². The summed E-state index contributed by atoms with van der Waals surface area (Å²) in [4.78, 5) is 11.7. The first kappa shape index (κ1) is 15.3. The number of H-pyrrole nitrogens is 1. The number of aromatic nitrogens is 4. The summed E-state index contributed by atoms with van der Waals surface area (Å²) in [6, 6.07) is 9.74. The normalized spacial score (nSPS) is 14.6. The first-order chi connectivity index (χ1) is 11.7. The van der Waals surface area contributed by atoms with Crippen molar-refractivity contribution < 1.29 is 0 Å². The third-order valence-corrected chi connectivity index (χ3v) is 4.51. The van der Waals surface area contributed by atoms with Crippen LogP contribution in [0.15, 0.2) is 36.5 Å². The number of hydrogen-bond donors (Lipinski definition) is 1. The molecule has 0 atom stereocenters. The summed E-state index contributed by atoms with van der Waals surface area (Å²) in [5.74, 6) is 0.766. The first-order valence-electron chi connectivity index (χ1n) is 8.01. The maximum Gasteiger partial charge on any atom is 0.159 e. The van der Waals surface area contributed by atoms with E-state index >= 15 is 0 Å². The molecule has 0 bridgehead atoms. The van der Waals surface area contributed by atoms with E-state index in [0.29, 0.717) is 0 Å². The molecule has 0 saturated heterocycles. The van der Waals surface area contributed by atoms with Crippen molar-refractivity contribution in [2.45, 2.75) is 26.4 Å². The summed E-state index contributed by atoms with van der Waals surface area (Å²) < 4.78 is 0. The van der Waals surface area contributed by atoms with Crippen molar-refractivity contribution in [1.82, 2.24) is 25.1 Å². The highest BCUT2D eigenvalue weighted by atomic mass is 35.5. The molecule has 0 amide bonds. The topological polar surface area (TPSA) is 57.7 Å². The lowest BCUT2D eigenvalue weighted by molar-refractivity contribution is 0.240. The largest absolute Gasteiger partial charge is 0.293 e. The third-order valence-electron chi connectivity index (χ3n) is 4.26. The Hall–Kier alpha value is -2.24. The van der Waals surface area contributed by atoms with Gasteiger partial charge >= 0.3 is 0 Å². The number of fused-ring (bicyclic) bond motifs is 1. The van der Waals surface area contributed by atoms with Crippen LogP contribution in [0.1, 0.15) is 22.6 Å². The summed E-state index contributed by atoms with van der Waals surface area (Å²) in [5.41, 5.74) is 5.51. The van der Waals surface area contributed by atoms with E-state index in [1.54, 1.807) is 0 Å². The molecule has 0 radical (unpaired) electrons. The van der Waals surface area contributed by atoms with Gasteiger partial charge in [-0.2, -0.15) is 5.10 Å². The fourth-order valence-electron chi connectivity index (χ4n) is 3.03. The van der Waals surface area contributed by atoms with Crippen LogP contribution < -0.4 is 0 Å². The number of benzene rings is 1. The minimum absolute atomic E-state index is 0.723. The molecular weight excluding hydrogens is 322 g/mol. The van der Waals surface area contributed by atoms with Crippen LogP contribution in [-0.4, -0.2) is 31.6 Å². The van der Waals surface area contributed by atoms with Crippen LogP contribution in [0.2, 0.25) is 5.02 Å². The van der Waals surface area contributed by atoms with Crippen LogP contribution in [0.5, 0.6) is 0 Å². The van der Waals surface area contributed by atoms with Crippen molar-refractivity contribution in [1.29, 1.82) is 0 Å². The van der Waals surface area contributed by atoms with E-state index in [9.17, 15) is 0 Å². The molecule has 3 aromatic rings. The van der Waals surface area contributed by atoms with Crippen LogP contribution in [0, 0.1) is 6.92 Å². The second-order valence-corrected chi connectivity index (χ2v) is 6.61. The number of hydrogen-bond acceptors (Lipinski definition) is 4. The summed E-state index contributed by atoms with van der Waals surface area (Å²) in [7, 11) is 0. The molecule has 122 valence electrons. The molecule has 0 unspecified atom stereocenters. The Morgan fingerprint density at radius 2 is 2.08 bits per heavy atom. The number of halogens is 1. The van der Waals surface area contributed by atoms with E-state index in [-0.39, 0.29) is 0 Å². The van der Waals surface area contributed by atoms with Gasteiger partial charge in [-0.05, 0) is 37.3 Å². The predicted molar refractivity (Wildman–Crippen MR) is 93.6 cm³/mol. The van der Waals surface area contributed by atoms with Gasteiger partial charge in [0.1, 0.15) is 0 Å². The molecule has 0 aliphatic carbocycles. The number of nitrogens with one attached hydrogen (secondary N) is 1. The van der Waals surface area contributed by atoms with Crippen molar-refractivity contribution >= 4 is 11.6 Å². The Balaban J connectivity index is 1.52. The minimum atomic E-state index is 0.723. The SMILES string of the molecule is Cc1cc(CN2CCc3nc(-c4ccc(Cl)cc4)ncc3C2)n[nH]1. The second kappa shape index (κ2) is 6.34. The summed E-state index contributed by atoms with van der Waals surface area (Å²) >= 11 is 5.94. The van der Waals surface area contributed by atoms with Crippen molar-refractivity contribution in [3.05, 3.63) is 64.2 Å². The van der Waals surface area contributed by atoms with Gasteiger partial charge in [0.25, 0.3) is 0 Å². The third kappa shape index (κ3) is 3.18. The lowest BCUT2D eigenvalue weighted by Crippen LogP contribution is -2.31. The molecule has 4 rings (SSSR count). The van der Waals surface area contributed by atoms with Gasteiger partial charge < -0.3 is 0 Å². The van der Waals surface area contributed by atoms with Gasteiger partial charge in [0.2, 0.25) is 0 Å². The van der Waals surface area contributed by atoms with Gasteiger partial charge in [0, 0.05) is 54.1 Å². The van der Waals surface area contributed by atoms with E-state index in [2.05, 4.69) is 26.1 Å². The van der Waals surface area contributed by atoms with E-state index in [4.69, 9.17) is 16.6 Å². The molecule has 1 aliphatic rings. The lowest BCUT2D eigenvalue weighted by atomic mass is 10.1. The summed E-state index contributed by atoms with van der Waals surface area (Å²) in [6.45, 7) is 4.72. The Morgan fingerprint density at radius 3 is 2.83 bits per heavy atom. The molecule has 0 fully saturated rings. The molecule has 1 aliphatic heterocycles. The van der Waals surface area contributed by atoms with Gasteiger partial charge in [-0.15, -0.1) is 0 Å². The fraction of sp³-hybridized carbons (Fsp3) is 0.278. The van der Waals surface area contributed by atoms with E-state index in [1.165, 1.54) is 5.56 Å². The zero-order chi connectivity index (χ0) is 16.5. The lowest BCUT2D eigenvalue weighted by Gasteiger charge is -2.27.